The smallest absolute Gasteiger partial charge is 0.258 e. The van der Waals surface area contributed by atoms with Crippen LogP contribution in [-0.2, 0) is 36.3 Å². The topological polar surface area (TPSA) is 216 Å². The van der Waals surface area contributed by atoms with E-state index in [1.165, 1.54) is 13.2 Å². The van der Waals surface area contributed by atoms with E-state index in [-0.39, 0.29) is 80.2 Å². The van der Waals surface area contributed by atoms with Crippen molar-refractivity contribution in [3.8, 4) is 45.6 Å². The zero-order chi connectivity index (χ0) is 78.3. The molecule has 2 aromatic heterocycles. The highest BCUT2D eigenvalue weighted by Crippen LogP contribution is 2.46. The molecule has 0 saturated heterocycles. The molecule has 0 unspecified atom stereocenters. The summed E-state index contributed by atoms with van der Waals surface area (Å²) in [6, 6.07) is 52.2. The Kier molecular flexibility index (Phi) is 39.4. The summed E-state index contributed by atoms with van der Waals surface area (Å²) in [4.78, 5) is 73.8. The van der Waals surface area contributed by atoms with E-state index in [2.05, 4.69) is 72.5 Å². The van der Waals surface area contributed by atoms with Gasteiger partial charge in [-0.2, -0.15) is 0 Å². The fourth-order valence-electron chi connectivity index (χ4n) is 11.3. The summed E-state index contributed by atoms with van der Waals surface area (Å²) in [5, 5.41) is 16.0. The standard InChI is InChI=1S/C27H26Cl2N2O4.C27H24N2O4.C12H14INO2.C9H10Cl2O.C8H8INO.4CH4/c1-16(13-23(32)31-15-17-9-11-18(34-3)12-10-17)21-14-22(25(29)26(35-4)24(21)28)19-7-5-6-8-20(19)27(33)30-2;1-16-13-23(30)29(15-17-9-11-18(32-3)12-10-17)25-21(16)14-22-19-7-5-6-8-20(19)27(31)28(2)24(22)26(25)33-4;1-9(13)7-12(15)14-8-10-3-5-11(16-2)6-4-10;1-5-4-6(2)8(11)9(12-3)7(5)10;1-10-8(11)6-4-2-3-5-7(6)9;;;;/h5-14H,15H2,1-4H3,(H,30,33)(H,31,32);5-14H,15H2,1-4H3;3-7H,8H2,1-2H3,(H,14,15);4H,1-3H3;2-5H,1H3,(H,10,11);4*1H4/b16-13-;;9-7-;;;;;;. The molecular weight excluding hydrogens is 1720 g/mol. The molecule has 0 aliphatic carbocycles. The number of allylic oxidation sites excluding steroid dienone is 2. The van der Waals surface area contributed by atoms with Gasteiger partial charge in [-0.3, -0.25) is 28.8 Å². The van der Waals surface area contributed by atoms with Gasteiger partial charge in [0, 0.05) is 88.9 Å². The minimum Gasteiger partial charge on any atom is -0.497 e. The Bertz CT molecular complexity index is 5210. The minimum absolute atomic E-state index is 0. The molecule has 0 fully saturated rings. The summed E-state index contributed by atoms with van der Waals surface area (Å²) in [6.45, 7) is 10.7. The fraction of sp³-hybridized carbons (Fsp3) is 0.241. The van der Waals surface area contributed by atoms with E-state index in [0.29, 0.717) is 85.4 Å². The highest BCUT2D eigenvalue weighted by Gasteiger charge is 2.24. The zero-order valence-corrected chi connectivity index (χ0v) is 68.8. The number of halogens is 6. The first-order valence-corrected chi connectivity index (χ1v) is 36.8. The summed E-state index contributed by atoms with van der Waals surface area (Å²) in [7, 11) is 14.4. The SMILES string of the molecule is C.C.C.C.CNC(=O)c1ccccc1-c1cc(/C(C)=C\C(=O)NCc2ccc(OC)cc2)c(Cl)c(OC)c1Cl.CNC(=O)c1ccccc1I.COc1c(Cl)c(C)cc(C)c1Cl.COc1ccc(CNC(=O)/C=C(/C)I)cc1.COc1ccc(Cn2c(=O)cc(C)c3cc4c5ccccc5c(=O)n(C)c4c(OC)c32)cc1. The Labute approximate surface area is 699 Å². The van der Waals surface area contributed by atoms with Crippen molar-refractivity contribution in [3.63, 3.8) is 0 Å². The molecule has 0 atom stereocenters. The van der Waals surface area contributed by atoms with E-state index < -0.39 is 0 Å². The van der Waals surface area contributed by atoms with E-state index in [1.807, 2.05) is 155 Å². The highest BCUT2D eigenvalue weighted by molar-refractivity contribution is 14.1. The van der Waals surface area contributed by atoms with Crippen LogP contribution in [0.1, 0.15) is 103 Å². The monoisotopic (exact) mass is 1810 g/mol. The zero-order valence-electron chi connectivity index (χ0n) is 61.5. The summed E-state index contributed by atoms with van der Waals surface area (Å²) in [6.07, 6.45) is 3.04. The molecule has 4 amide bonds. The van der Waals surface area contributed by atoms with Gasteiger partial charge in [-0.25, -0.2) is 0 Å². The summed E-state index contributed by atoms with van der Waals surface area (Å²) < 4.78 is 37.2. The second kappa shape index (κ2) is 45.7. The van der Waals surface area contributed by atoms with Crippen LogP contribution in [0.4, 0.5) is 0 Å². The third-order valence-electron chi connectivity index (χ3n) is 16.8. The summed E-state index contributed by atoms with van der Waals surface area (Å²) in [5.41, 5.74) is 10.4. The number of hydrogen-bond donors (Lipinski definition) is 4. The van der Waals surface area contributed by atoms with Gasteiger partial charge in [0.05, 0.1) is 85.9 Å². The van der Waals surface area contributed by atoms with Gasteiger partial charge in [-0.05, 0) is 206 Å². The van der Waals surface area contributed by atoms with E-state index in [0.717, 1.165) is 79.5 Å². The maximum Gasteiger partial charge on any atom is 0.258 e. The number of methoxy groups -OCH3 is 6. The number of nitrogens with zero attached hydrogens (tertiary/aromatic N) is 2. The number of pyridine rings is 2. The number of fused-ring (bicyclic) bond motifs is 4. The molecule has 590 valence electrons. The van der Waals surface area contributed by atoms with Gasteiger partial charge in [-0.1, -0.05) is 167 Å². The Balaban J connectivity index is 0.000000384. The van der Waals surface area contributed by atoms with Crippen LogP contribution in [0.5, 0.6) is 34.5 Å². The molecular formula is C87H98Cl4I2N6O12. The average Bonchev–Trinajstić information content (AvgIpc) is 0.722. The number of aromatic nitrogens is 2. The number of aryl methyl sites for hydroxylation is 4. The Morgan fingerprint density at radius 1 is 0.450 bits per heavy atom. The van der Waals surface area contributed by atoms with Crippen molar-refractivity contribution in [1.29, 1.82) is 0 Å². The van der Waals surface area contributed by atoms with Crippen molar-refractivity contribution in [2.45, 2.75) is 84.0 Å². The van der Waals surface area contributed by atoms with E-state index in [9.17, 15) is 28.8 Å². The highest BCUT2D eigenvalue weighted by atomic mass is 127. The largest absolute Gasteiger partial charge is 0.497 e. The molecule has 4 N–H and O–H groups in total. The molecule has 0 spiro atoms. The molecule has 18 nitrogen and oxygen atoms in total. The number of nitrogens with one attached hydrogen (secondary N) is 4. The number of ether oxygens (including phenoxy) is 6. The lowest BCUT2D eigenvalue weighted by molar-refractivity contribution is -0.117. The number of rotatable bonds is 18. The number of carbonyl (C=O) groups excluding carboxylic acids is 4. The van der Waals surface area contributed by atoms with Crippen molar-refractivity contribution >= 4 is 153 Å². The first kappa shape index (κ1) is 95.6. The molecule has 0 aliphatic heterocycles. The van der Waals surface area contributed by atoms with Crippen LogP contribution < -0.4 is 60.8 Å². The third-order valence-corrected chi connectivity index (χ3v) is 19.7. The van der Waals surface area contributed by atoms with Crippen molar-refractivity contribution < 1.29 is 47.6 Å². The molecule has 9 aromatic carbocycles. The molecule has 0 saturated carbocycles. The summed E-state index contributed by atoms with van der Waals surface area (Å²) >= 11 is 29.4. The van der Waals surface area contributed by atoms with Crippen LogP contribution >= 0.6 is 91.6 Å². The van der Waals surface area contributed by atoms with Crippen molar-refractivity contribution in [2.24, 2.45) is 7.05 Å². The number of benzene rings is 9. The van der Waals surface area contributed by atoms with Crippen LogP contribution in [-0.4, -0.2) is 89.5 Å². The molecule has 0 aliphatic rings. The van der Waals surface area contributed by atoms with Gasteiger partial charge >= 0.3 is 0 Å². The predicted molar refractivity (Wildman–Crippen MR) is 477 cm³/mol. The maximum atomic E-state index is 13.2. The Hall–Kier alpha value is -9.56. The molecule has 11 aromatic rings. The molecule has 0 radical (unpaired) electrons. The lowest BCUT2D eigenvalue weighted by Crippen LogP contribution is -2.23. The van der Waals surface area contributed by atoms with Gasteiger partial charge in [0.1, 0.15) is 17.2 Å². The van der Waals surface area contributed by atoms with Crippen molar-refractivity contribution in [2.75, 3.05) is 56.8 Å². The molecule has 111 heavy (non-hydrogen) atoms. The second-order valence-corrected chi connectivity index (χ2v) is 28.3. The quantitative estimate of drug-likeness (QED) is 0.0273. The number of hydrogen-bond acceptors (Lipinski definition) is 12. The first-order valence-electron chi connectivity index (χ1n) is 33.1. The first-order chi connectivity index (χ1) is 51.2. The lowest BCUT2D eigenvalue weighted by atomic mass is 9.95. The fourth-order valence-corrected chi connectivity index (χ4v) is 13.4. The number of carbonyl (C=O) groups is 4. The third kappa shape index (κ3) is 24.5. The van der Waals surface area contributed by atoms with Crippen LogP contribution in [0.15, 0.2) is 195 Å². The Morgan fingerprint density at radius 2 is 0.892 bits per heavy atom. The van der Waals surface area contributed by atoms with Gasteiger partial charge in [0.2, 0.25) is 11.8 Å². The Morgan fingerprint density at radius 3 is 1.37 bits per heavy atom. The normalized spacial score (nSPS) is 10.5. The van der Waals surface area contributed by atoms with Crippen LogP contribution in [0, 0.1) is 24.3 Å². The van der Waals surface area contributed by atoms with Gasteiger partial charge in [0.15, 0.2) is 17.2 Å². The van der Waals surface area contributed by atoms with E-state index in [4.69, 9.17) is 74.8 Å². The lowest BCUT2D eigenvalue weighted by Gasteiger charge is -2.19. The minimum atomic E-state index is -0.282. The summed E-state index contributed by atoms with van der Waals surface area (Å²) in [5.74, 6) is 3.03. The van der Waals surface area contributed by atoms with E-state index in [1.54, 1.807) is 115 Å². The predicted octanol–water partition coefficient (Wildman–Crippen LogP) is 20.6. The van der Waals surface area contributed by atoms with Crippen molar-refractivity contribution in [3.05, 3.63) is 280 Å². The second-order valence-electron chi connectivity index (χ2n) is 23.9. The van der Waals surface area contributed by atoms with Gasteiger partial charge in [0.25, 0.3) is 22.9 Å². The average molecular weight is 1820 g/mol. The molecule has 11 rings (SSSR count). The molecule has 2 heterocycles. The molecule has 24 heteroatoms. The molecule has 0 bridgehead atoms. The van der Waals surface area contributed by atoms with Crippen LogP contribution in [0.25, 0.3) is 49.3 Å². The van der Waals surface area contributed by atoms with Gasteiger partial charge in [-0.15, -0.1) is 0 Å². The van der Waals surface area contributed by atoms with Crippen LogP contribution in [0.3, 0.4) is 0 Å². The number of amides is 4. The van der Waals surface area contributed by atoms with E-state index >= 15 is 0 Å². The van der Waals surface area contributed by atoms with Gasteiger partial charge < -0.3 is 58.8 Å². The van der Waals surface area contributed by atoms with Crippen molar-refractivity contribution in [1.82, 2.24) is 30.4 Å². The maximum absolute atomic E-state index is 13.2. The van der Waals surface area contributed by atoms with Crippen LogP contribution in [0.2, 0.25) is 20.1 Å².